The van der Waals surface area contributed by atoms with E-state index in [2.05, 4.69) is 13.7 Å². The Morgan fingerprint density at radius 2 is 2.20 bits per heavy atom. The minimum Gasteiger partial charge on any atom is -0.298 e. The minimum atomic E-state index is 0.432. The lowest BCUT2D eigenvalue weighted by atomic mass is 10.3. The highest BCUT2D eigenvalue weighted by molar-refractivity contribution is 6.99. The zero-order valence-electron chi connectivity index (χ0n) is 7.46. The molecule has 0 fully saturated rings. The smallest absolute Gasteiger partial charge is 0.172 e. The molecule has 6 heteroatoms. The molecule has 0 saturated carbocycles. The minimum absolute atomic E-state index is 0.432. The lowest BCUT2D eigenvalue weighted by Gasteiger charge is -2.01. The lowest BCUT2D eigenvalue weighted by molar-refractivity contribution is 1.18. The zero-order chi connectivity index (χ0) is 10.3. The van der Waals surface area contributed by atoms with Crippen molar-refractivity contribution in [3.05, 3.63) is 35.7 Å². The van der Waals surface area contributed by atoms with Gasteiger partial charge in [0.2, 0.25) is 0 Å². The molecule has 0 aliphatic rings. The second kappa shape index (κ2) is 3.29. The van der Waals surface area contributed by atoms with E-state index in [-0.39, 0.29) is 0 Å². The van der Waals surface area contributed by atoms with Crippen molar-refractivity contribution in [3.63, 3.8) is 0 Å². The van der Waals surface area contributed by atoms with E-state index < -0.39 is 0 Å². The van der Waals surface area contributed by atoms with Gasteiger partial charge in [0, 0.05) is 12.4 Å². The Kier molecular flexibility index (Phi) is 1.93. The second-order valence-corrected chi connectivity index (χ2v) is 3.86. The molecule has 3 aromatic rings. The standard InChI is InChI=1S/C9H5ClN4S/c10-9-8(12-15-13-9)6-2-1-3-7-11-4-5-14(6)7/h1-5H. The largest absolute Gasteiger partial charge is 0.298 e. The Hall–Kier alpha value is -1.46. The fraction of sp³-hybridized carbons (Fsp3) is 0. The Bertz CT molecular complexity index is 615. The number of hydrogen-bond acceptors (Lipinski definition) is 4. The first kappa shape index (κ1) is 8.82. The van der Waals surface area contributed by atoms with E-state index in [0.717, 1.165) is 23.1 Å². The van der Waals surface area contributed by atoms with Crippen molar-refractivity contribution >= 4 is 29.0 Å². The van der Waals surface area contributed by atoms with Gasteiger partial charge in [0.1, 0.15) is 11.3 Å². The van der Waals surface area contributed by atoms with E-state index in [1.807, 2.05) is 28.8 Å². The second-order valence-electron chi connectivity index (χ2n) is 2.97. The SMILES string of the molecule is Clc1nsnc1-c1cccc2nccn12. The van der Waals surface area contributed by atoms with Crippen LogP contribution in [0.15, 0.2) is 30.6 Å². The Balaban J connectivity index is 2.36. The molecule has 3 heterocycles. The van der Waals surface area contributed by atoms with Crippen LogP contribution in [0.5, 0.6) is 0 Å². The Morgan fingerprint density at radius 3 is 3.00 bits per heavy atom. The van der Waals surface area contributed by atoms with Gasteiger partial charge in [0.05, 0.1) is 17.4 Å². The molecule has 0 aromatic carbocycles. The summed E-state index contributed by atoms with van der Waals surface area (Å²) in [4.78, 5) is 4.19. The number of pyridine rings is 1. The number of aromatic nitrogens is 4. The molecule has 4 nitrogen and oxygen atoms in total. The van der Waals surface area contributed by atoms with E-state index in [9.17, 15) is 0 Å². The van der Waals surface area contributed by atoms with Crippen molar-refractivity contribution in [1.29, 1.82) is 0 Å². The predicted octanol–water partition coefficient (Wildman–Crippen LogP) is 2.51. The van der Waals surface area contributed by atoms with E-state index in [0.29, 0.717) is 10.8 Å². The summed E-state index contributed by atoms with van der Waals surface area (Å²) in [6.45, 7) is 0. The summed E-state index contributed by atoms with van der Waals surface area (Å²) in [7, 11) is 0. The third-order valence-corrected chi connectivity index (χ3v) is 3.01. The molecule has 0 bridgehead atoms. The van der Waals surface area contributed by atoms with Crippen molar-refractivity contribution in [2.45, 2.75) is 0 Å². The number of hydrogen-bond donors (Lipinski definition) is 0. The monoisotopic (exact) mass is 236 g/mol. The van der Waals surface area contributed by atoms with E-state index >= 15 is 0 Å². The van der Waals surface area contributed by atoms with Gasteiger partial charge in [-0.2, -0.15) is 8.75 Å². The van der Waals surface area contributed by atoms with Crippen molar-refractivity contribution in [2.24, 2.45) is 0 Å². The summed E-state index contributed by atoms with van der Waals surface area (Å²) in [6, 6.07) is 5.79. The molecule has 0 radical (unpaired) electrons. The van der Waals surface area contributed by atoms with Gasteiger partial charge in [-0.1, -0.05) is 17.7 Å². The van der Waals surface area contributed by atoms with Crippen LogP contribution >= 0.6 is 23.3 Å². The van der Waals surface area contributed by atoms with E-state index in [4.69, 9.17) is 11.6 Å². The summed E-state index contributed by atoms with van der Waals surface area (Å²) >= 11 is 7.05. The molecular weight excluding hydrogens is 232 g/mol. The van der Waals surface area contributed by atoms with Crippen LogP contribution in [0.3, 0.4) is 0 Å². The molecule has 0 saturated heterocycles. The van der Waals surface area contributed by atoms with Crippen LogP contribution in [-0.4, -0.2) is 18.1 Å². The van der Waals surface area contributed by atoms with Crippen LogP contribution in [0, 0.1) is 0 Å². The maximum Gasteiger partial charge on any atom is 0.172 e. The molecular formula is C9H5ClN4S. The highest BCUT2D eigenvalue weighted by atomic mass is 35.5. The molecule has 0 spiro atoms. The Labute approximate surface area is 94.5 Å². The van der Waals surface area contributed by atoms with Crippen molar-refractivity contribution in [3.8, 4) is 11.4 Å². The fourth-order valence-electron chi connectivity index (χ4n) is 1.47. The van der Waals surface area contributed by atoms with E-state index in [1.165, 1.54) is 0 Å². The highest BCUT2D eigenvalue weighted by Gasteiger charge is 2.11. The van der Waals surface area contributed by atoms with Gasteiger partial charge in [-0.15, -0.1) is 0 Å². The van der Waals surface area contributed by atoms with Crippen molar-refractivity contribution in [1.82, 2.24) is 18.1 Å². The maximum absolute atomic E-state index is 5.94. The van der Waals surface area contributed by atoms with Crippen LogP contribution in [0.2, 0.25) is 5.15 Å². The molecule has 15 heavy (non-hydrogen) atoms. The van der Waals surface area contributed by atoms with Gasteiger partial charge in [0.25, 0.3) is 0 Å². The average Bonchev–Trinajstić information content (AvgIpc) is 2.85. The molecule has 74 valence electrons. The van der Waals surface area contributed by atoms with Crippen LogP contribution in [-0.2, 0) is 0 Å². The van der Waals surface area contributed by atoms with Crippen LogP contribution in [0.25, 0.3) is 17.0 Å². The highest BCUT2D eigenvalue weighted by Crippen LogP contribution is 2.25. The van der Waals surface area contributed by atoms with Gasteiger partial charge in [-0.05, 0) is 12.1 Å². The van der Waals surface area contributed by atoms with Gasteiger partial charge < -0.3 is 0 Å². The normalized spacial score (nSPS) is 11.0. The zero-order valence-corrected chi connectivity index (χ0v) is 9.03. The maximum atomic E-state index is 5.94. The number of fused-ring (bicyclic) bond motifs is 1. The third-order valence-electron chi connectivity index (χ3n) is 2.12. The molecule has 3 aromatic heterocycles. The summed E-state index contributed by atoms with van der Waals surface area (Å²) in [5.74, 6) is 0. The number of halogens is 1. The summed E-state index contributed by atoms with van der Waals surface area (Å²) < 4.78 is 10.0. The van der Waals surface area contributed by atoms with Crippen LogP contribution in [0.4, 0.5) is 0 Å². The van der Waals surface area contributed by atoms with Crippen molar-refractivity contribution < 1.29 is 0 Å². The quantitative estimate of drug-likeness (QED) is 0.652. The van der Waals surface area contributed by atoms with Gasteiger partial charge in [0.15, 0.2) is 5.15 Å². The summed E-state index contributed by atoms with van der Waals surface area (Å²) in [5.41, 5.74) is 2.48. The molecule has 0 N–H and O–H groups in total. The molecule has 0 aliphatic heterocycles. The molecule has 0 aliphatic carbocycles. The topological polar surface area (TPSA) is 43.1 Å². The number of nitrogens with zero attached hydrogens (tertiary/aromatic N) is 4. The van der Waals surface area contributed by atoms with Crippen LogP contribution < -0.4 is 0 Å². The third kappa shape index (κ3) is 1.32. The van der Waals surface area contributed by atoms with Crippen molar-refractivity contribution in [2.75, 3.05) is 0 Å². The van der Waals surface area contributed by atoms with Gasteiger partial charge in [-0.25, -0.2) is 4.98 Å². The lowest BCUT2D eigenvalue weighted by Crippen LogP contribution is -1.90. The first-order chi connectivity index (χ1) is 7.36. The molecule has 0 amide bonds. The fourth-order valence-corrected chi connectivity index (χ4v) is 2.21. The number of rotatable bonds is 1. The molecule has 3 rings (SSSR count). The summed E-state index contributed by atoms with van der Waals surface area (Å²) in [5, 5.41) is 0.432. The predicted molar refractivity (Wildman–Crippen MR) is 59.1 cm³/mol. The first-order valence-electron chi connectivity index (χ1n) is 4.27. The summed E-state index contributed by atoms with van der Waals surface area (Å²) in [6.07, 6.45) is 3.62. The van der Waals surface area contributed by atoms with Gasteiger partial charge >= 0.3 is 0 Å². The Morgan fingerprint density at radius 1 is 1.27 bits per heavy atom. The first-order valence-corrected chi connectivity index (χ1v) is 5.37. The van der Waals surface area contributed by atoms with Crippen LogP contribution in [0.1, 0.15) is 0 Å². The molecule has 0 unspecified atom stereocenters. The number of imidazole rings is 1. The molecule has 0 atom stereocenters. The van der Waals surface area contributed by atoms with Gasteiger partial charge in [-0.3, -0.25) is 4.40 Å². The van der Waals surface area contributed by atoms with E-state index in [1.54, 1.807) is 6.20 Å². The average molecular weight is 237 g/mol.